The van der Waals surface area contributed by atoms with E-state index in [4.69, 9.17) is 0 Å². The molecule has 0 nitrogen and oxygen atoms in total. The van der Waals surface area contributed by atoms with E-state index in [-0.39, 0.29) is 0 Å². The highest BCUT2D eigenvalue weighted by atomic mass is 13.8. The highest BCUT2D eigenvalue weighted by Crippen LogP contribution is 1.95. The van der Waals surface area contributed by atoms with Gasteiger partial charge in [-0.3, -0.25) is 0 Å². The van der Waals surface area contributed by atoms with Gasteiger partial charge in [-0.1, -0.05) is 60.8 Å². The molecule has 0 aromatic rings. The fraction of sp³-hybridized carbons (Fsp3) is 0.167. The van der Waals surface area contributed by atoms with Crippen LogP contribution >= 0.6 is 0 Å². The molecular weight excluding hydrogens is 144 g/mol. The van der Waals surface area contributed by atoms with Crippen molar-refractivity contribution >= 4 is 0 Å². The first-order valence-electron chi connectivity index (χ1n) is 4.06. The zero-order chi connectivity index (χ0) is 9.23. The van der Waals surface area contributed by atoms with Crippen molar-refractivity contribution in [3.8, 4) is 0 Å². The van der Waals surface area contributed by atoms with E-state index < -0.39 is 0 Å². The topological polar surface area (TPSA) is 0 Å². The highest BCUT2D eigenvalue weighted by molar-refractivity contribution is 5.24. The van der Waals surface area contributed by atoms with E-state index in [1.807, 2.05) is 43.4 Å². The van der Waals surface area contributed by atoms with E-state index in [2.05, 4.69) is 19.6 Å². The fourth-order valence-electron chi connectivity index (χ4n) is 0.658. The van der Waals surface area contributed by atoms with Crippen LogP contribution in [0.3, 0.4) is 0 Å². The van der Waals surface area contributed by atoms with Gasteiger partial charge in [-0.25, -0.2) is 0 Å². The first-order chi connectivity index (χ1) is 5.81. The van der Waals surface area contributed by atoms with Gasteiger partial charge >= 0.3 is 0 Å². The molecule has 0 bridgehead atoms. The van der Waals surface area contributed by atoms with Crippen molar-refractivity contribution in [2.75, 3.05) is 0 Å². The third-order valence-corrected chi connectivity index (χ3v) is 1.27. The van der Waals surface area contributed by atoms with Crippen LogP contribution in [0.2, 0.25) is 0 Å². The average molecular weight is 160 g/mol. The highest BCUT2D eigenvalue weighted by Gasteiger charge is 1.74. The van der Waals surface area contributed by atoms with Gasteiger partial charge in [-0.15, -0.1) is 0 Å². The van der Waals surface area contributed by atoms with Crippen molar-refractivity contribution in [2.45, 2.75) is 13.8 Å². The lowest BCUT2D eigenvalue weighted by atomic mass is 10.2. The van der Waals surface area contributed by atoms with Gasteiger partial charge in [0.25, 0.3) is 0 Å². The Labute approximate surface area is 75.3 Å². The molecule has 0 fully saturated rings. The summed E-state index contributed by atoms with van der Waals surface area (Å²) in [5.41, 5.74) is 1.22. The summed E-state index contributed by atoms with van der Waals surface area (Å²) >= 11 is 0. The smallest absolute Gasteiger partial charge is 0.0398 e. The van der Waals surface area contributed by atoms with Gasteiger partial charge in [0, 0.05) is 0 Å². The molecule has 0 saturated carbocycles. The van der Waals surface area contributed by atoms with Crippen LogP contribution in [0.25, 0.3) is 0 Å². The van der Waals surface area contributed by atoms with Crippen molar-refractivity contribution in [2.24, 2.45) is 0 Å². The van der Waals surface area contributed by atoms with Gasteiger partial charge in [0.2, 0.25) is 0 Å². The van der Waals surface area contributed by atoms with Gasteiger partial charge in [-0.2, -0.15) is 0 Å². The molecule has 0 aromatic carbocycles. The van der Waals surface area contributed by atoms with Crippen LogP contribution in [0.4, 0.5) is 0 Å². The van der Waals surface area contributed by atoms with E-state index in [0.717, 1.165) is 0 Å². The summed E-state index contributed by atoms with van der Waals surface area (Å²) in [5.74, 6) is 0. The predicted octanol–water partition coefficient (Wildman–Crippen LogP) is 3.81. The van der Waals surface area contributed by atoms with Crippen LogP contribution in [-0.4, -0.2) is 0 Å². The lowest BCUT2D eigenvalue weighted by molar-refractivity contribution is 1.52. The molecule has 64 valence electrons. The minimum absolute atomic E-state index is 1.22. The zero-order valence-electron chi connectivity index (χ0n) is 7.83. The van der Waals surface area contributed by atoms with Crippen molar-refractivity contribution in [3.05, 3.63) is 60.8 Å². The Hall–Kier alpha value is -1.30. The Morgan fingerprint density at radius 3 is 2.42 bits per heavy atom. The summed E-state index contributed by atoms with van der Waals surface area (Å²) in [7, 11) is 0. The number of rotatable bonds is 4. The molecule has 0 unspecified atom stereocenters. The molecule has 0 spiro atoms. The number of allylic oxidation sites excluding steroid dienone is 9. The van der Waals surface area contributed by atoms with Gasteiger partial charge in [0.05, 0.1) is 0 Å². The standard InChI is InChI=1S/C12H16/c1-4-6-8-9-11-12(3)10-7-5-2/h4-11H,2H2,1,3H3/b6-4+,9-8-,10-7-,12-11+. The lowest BCUT2D eigenvalue weighted by Crippen LogP contribution is -1.63. The van der Waals surface area contributed by atoms with Crippen molar-refractivity contribution < 1.29 is 0 Å². The van der Waals surface area contributed by atoms with Crippen molar-refractivity contribution in [1.82, 2.24) is 0 Å². The van der Waals surface area contributed by atoms with E-state index in [0.29, 0.717) is 0 Å². The largest absolute Gasteiger partial charge is 0.0991 e. The second-order valence-corrected chi connectivity index (χ2v) is 2.42. The Balaban J connectivity index is 3.99. The Bertz CT molecular complexity index is 224. The molecule has 0 rings (SSSR count). The molecule has 0 amide bonds. The predicted molar refractivity (Wildman–Crippen MR) is 57.0 cm³/mol. The summed E-state index contributed by atoms with van der Waals surface area (Å²) in [6.07, 6.45) is 15.8. The maximum atomic E-state index is 3.60. The van der Waals surface area contributed by atoms with Crippen LogP contribution in [0.15, 0.2) is 60.8 Å². The average Bonchev–Trinajstić information content (AvgIpc) is 2.09. The molecule has 0 heterocycles. The van der Waals surface area contributed by atoms with E-state index in [1.54, 1.807) is 6.08 Å². The zero-order valence-corrected chi connectivity index (χ0v) is 7.83. The second-order valence-electron chi connectivity index (χ2n) is 2.42. The molecule has 0 aliphatic rings. The maximum Gasteiger partial charge on any atom is -0.0398 e. The summed E-state index contributed by atoms with van der Waals surface area (Å²) < 4.78 is 0. The molecule has 0 heteroatoms. The molecule has 12 heavy (non-hydrogen) atoms. The van der Waals surface area contributed by atoms with Gasteiger partial charge in [0.15, 0.2) is 0 Å². The molecule has 0 saturated heterocycles. The van der Waals surface area contributed by atoms with Gasteiger partial charge < -0.3 is 0 Å². The molecule has 0 atom stereocenters. The lowest BCUT2D eigenvalue weighted by Gasteiger charge is -1.84. The van der Waals surface area contributed by atoms with Crippen molar-refractivity contribution in [3.63, 3.8) is 0 Å². The molecule has 0 aliphatic heterocycles. The van der Waals surface area contributed by atoms with E-state index in [1.165, 1.54) is 5.57 Å². The molecule has 0 aromatic heterocycles. The number of hydrogen-bond donors (Lipinski definition) is 0. The van der Waals surface area contributed by atoms with Crippen LogP contribution < -0.4 is 0 Å². The first-order valence-corrected chi connectivity index (χ1v) is 4.06. The summed E-state index contributed by atoms with van der Waals surface area (Å²) in [4.78, 5) is 0. The molecular formula is C12H16. The maximum absolute atomic E-state index is 3.60. The SMILES string of the molecule is C=C\C=C/C(C)=C/C=C\C=C\C. The molecule has 0 N–H and O–H groups in total. The first kappa shape index (κ1) is 10.7. The van der Waals surface area contributed by atoms with E-state index >= 15 is 0 Å². The summed E-state index contributed by atoms with van der Waals surface area (Å²) in [6.45, 7) is 7.65. The fourth-order valence-corrected chi connectivity index (χ4v) is 0.658. The Kier molecular flexibility index (Phi) is 6.96. The van der Waals surface area contributed by atoms with Crippen LogP contribution in [0.5, 0.6) is 0 Å². The van der Waals surface area contributed by atoms with Crippen LogP contribution in [0.1, 0.15) is 13.8 Å². The minimum atomic E-state index is 1.22. The van der Waals surface area contributed by atoms with Crippen LogP contribution in [-0.2, 0) is 0 Å². The Morgan fingerprint density at radius 2 is 1.83 bits per heavy atom. The van der Waals surface area contributed by atoms with Crippen molar-refractivity contribution in [1.29, 1.82) is 0 Å². The summed E-state index contributed by atoms with van der Waals surface area (Å²) in [5, 5.41) is 0. The molecule has 0 aliphatic carbocycles. The Morgan fingerprint density at radius 1 is 1.08 bits per heavy atom. The normalized spacial score (nSPS) is 13.7. The monoisotopic (exact) mass is 160 g/mol. The second kappa shape index (κ2) is 7.80. The number of hydrogen-bond acceptors (Lipinski definition) is 0. The summed E-state index contributed by atoms with van der Waals surface area (Å²) in [6, 6.07) is 0. The van der Waals surface area contributed by atoms with Gasteiger partial charge in [0.1, 0.15) is 0 Å². The minimum Gasteiger partial charge on any atom is -0.0991 e. The van der Waals surface area contributed by atoms with E-state index in [9.17, 15) is 0 Å². The van der Waals surface area contributed by atoms with Gasteiger partial charge in [-0.05, 0) is 13.8 Å². The molecule has 0 radical (unpaired) electrons. The third-order valence-electron chi connectivity index (χ3n) is 1.27. The van der Waals surface area contributed by atoms with Crippen LogP contribution in [0, 0.1) is 0 Å². The third kappa shape index (κ3) is 6.81. The quantitative estimate of drug-likeness (QED) is 0.549.